The van der Waals surface area contributed by atoms with Crippen molar-refractivity contribution in [3.05, 3.63) is 64.7 Å². The van der Waals surface area contributed by atoms with Gasteiger partial charge in [0.25, 0.3) is 0 Å². The van der Waals surface area contributed by atoms with Gasteiger partial charge in [-0.2, -0.15) is 0 Å². The van der Waals surface area contributed by atoms with Crippen LogP contribution in [0.1, 0.15) is 45.2 Å². The second-order valence-electron chi connectivity index (χ2n) is 9.33. The second kappa shape index (κ2) is 11.2. The molecular weight excluding hydrogens is 474 g/mol. The fourth-order valence-corrected chi connectivity index (χ4v) is 4.74. The van der Waals surface area contributed by atoms with Crippen LogP contribution in [-0.4, -0.2) is 49.5 Å². The molecule has 34 heavy (non-hydrogen) atoms. The summed E-state index contributed by atoms with van der Waals surface area (Å²) in [5.74, 6) is -0.787. The van der Waals surface area contributed by atoms with Gasteiger partial charge >= 0.3 is 0 Å². The number of carbonyl (C=O) groups is 2. The van der Waals surface area contributed by atoms with E-state index in [1.165, 1.54) is 4.90 Å². The summed E-state index contributed by atoms with van der Waals surface area (Å²) >= 11 is 6.26. The van der Waals surface area contributed by atoms with Crippen LogP contribution in [0.2, 0.25) is 5.02 Å². The van der Waals surface area contributed by atoms with E-state index in [0.717, 1.165) is 21.7 Å². The molecule has 7 nitrogen and oxygen atoms in total. The number of amides is 2. The number of hydrogen-bond acceptors (Lipinski definition) is 4. The fraction of sp³-hybridized carbons (Fsp3) is 0.440. The molecule has 2 aromatic rings. The third-order valence-corrected chi connectivity index (χ3v) is 6.73. The van der Waals surface area contributed by atoms with E-state index in [-0.39, 0.29) is 23.2 Å². The number of anilines is 1. The average molecular weight is 508 g/mol. The van der Waals surface area contributed by atoms with Crippen molar-refractivity contribution in [1.29, 1.82) is 0 Å². The van der Waals surface area contributed by atoms with Crippen LogP contribution in [0, 0.1) is 6.92 Å². The Bertz CT molecular complexity index is 1130. The smallest absolute Gasteiger partial charge is 0.244 e. The maximum atomic E-state index is 13.7. The van der Waals surface area contributed by atoms with Crippen LogP contribution in [0.4, 0.5) is 5.69 Å². The highest BCUT2D eigenvalue weighted by atomic mass is 35.5. The molecule has 0 aliphatic carbocycles. The lowest BCUT2D eigenvalue weighted by Crippen LogP contribution is -2.55. The van der Waals surface area contributed by atoms with Crippen LogP contribution in [0.15, 0.2) is 48.5 Å². The summed E-state index contributed by atoms with van der Waals surface area (Å²) in [7, 11) is -3.83. The van der Waals surface area contributed by atoms with E-state index in [1.807, 2.05) is 58.9 Å². The molecule has 0 aliphatic heterocycles. The van der Waals surface area contributed by atoms with E-state index in [4.69, 9.17) is 11.6 Å². The van der Waals surface area contributed by atoms with Crippen molar-refractivity contribution in [2.24, 2.45) is 0 Å². The van der Waals surface area contributed by atoms with Crippen LogP contribution in [0.3, 0.4) is 0 Å². The first-order chi connectivity index (χ1) is 15.7. The molecule has 0 aromatic heterocycles. The summed E-state index contributed by atoms with van der Waals surface area (Å²) in [5, 5.41) is 3.16. The van der Waals surface area contributed by atoms with Crippen molar-refractivity contribution in [2.45, 2.75) is 59.2 Å². The number of rotatable bonds is 9. The summed E-state index contributed by atoms with van der Waals surface area (Å²) < 4.78 is 26.2. The van der Waals surface area contributed by atoms with Crippen LogP contribution >= 0.6 is 11.6 Å². The molecule has 2 rings (SSSR count). The van der Waals surface area contributed by atoms with Crippen molar-refractivity contribution < 1.29 is 18.0 Å². The Morgan fingerprint density at radius 3 is 2.18 bits per heavy atom. The lowest BCUT2D eigenvalue weighted by molar-refractivity contribution is -0.141. The van der Waals surface area contributed by atoms with Crippen molar-refractivity contribution in [3.8, 4) is 0 Å². The Hall–Kier alpha value is -2.58. The predicted octanol–water partition coefficient (Wildman–Crippen LogP) is 4.14. The first kappa shape index (κ1) is 27.7. The lowest BCUT2D eigenvalue weighted by atomic mass is 10.0. The largest absolute Gasteiger partial charge is 0.350 e. The van der Waals surface area contributed by atoms with Crippen molar-refractivity contribution in [2.75, 3.05) is 17.1 Å². The Balaban J connectivity index is 2.49. The van der Waals surface area contributed by atoms with E-state index in [1.54, 1.807) is 24.3 Å². The zero-order valence-corrected chi connectivity index (χ0v) is 22.2. The van der Waals surface area contributed by atoms with Gasteiger partial charge in [-0.05, 0) is 57.4 Å². The Morgan fingerprint density at radius 1 is 1.06 bits per heavy atom. The quantitative estimate of drug-likeness (QED) is 0.552. The van der Waals surface area contributed by atoms with E-state index in [9.17, 15) is 18.0 Å². The van der Waals surface area contributed by atoms with E-state index >= 15 is 0 Å². The standard InChI is InChI=1S/C25H34ClN3O4S/c1-7-21(24(31)27-25(3,4)5)28(16-19-13-9-8-12-18(19)2)23(30)17-29(34(6,32)33)22-15-11-10-14-20(22)26/h8-15,21H,7,16-17H2,1-6H3,(H,27,31)/t21-/m0/s1. The first-order valence-corrected chi connectivity index (χ1v) is 13.4. The van der Waals surface area contributed by atoms with E-state index < -0.39 is 34.1 Å². The molecule has 2 amide bonds. The summed E-state index contributed by atoms with van der Waals surface area (Å²) in [4.78, 5) is 28.3. The van der Waals surface area contributed by atoms with Gasteiger partial charge in [-0.15, -0.1) is 0 Å². The molecule has 0 bridgehead atoms. The fourth-order valence-electron chi connectivity index (χ4n) is 3.59. The molecule has 186 valence electrons. The van der Waals surface area contributed by atoms with Gasteiger partial charge < -0.3 is 10.2 Å². The highest BCUT2D eigenvalue weighted by Gasteiger charge is 2.33. The highest BCUT2D eigenvalue weighted by molar-refractivity contribution is 7.92. The maximum Gasteiger partial charge on any atom is 0.244 e. The molecule has 0 spiro atoms. The molecule has 2 aromatic carbocycles. The van der Waals surface area contributed by atoms with E-state index in [2.05, 4.69) is 5.32 Å². The zero-order chi connectivity index (χ0) is 25.7. The third-order valence-electron chi connectivity index (χ3n) is 5.29. The number of nitrogens with zero attached hydrogens (tertiary/aromatic N) is 2. The highest BCUT2D eigenvalue weighted by Crippen LogP contribution is 2.27. The lowest BCUT2D eigenvalue weighted by Gasteiger charge is -2.35. The topological polar surface area (TPSA) is 86.8 Å². The summed E-state index contributed by atoms with van der Waals surface area (Å²) in [5.41, 5.74) is 1.57. The average Bonchev–Trinajstić information content (AvgIpc) is 2.71. The summed E-state index contributed by atoms with van der Waals surface area (Å²) in [6, 6.07) is 13.3. The van der Waals surface area contributed by atoms with Gasteiger partial charge in [-0.1, -0.05) is 54.9 Å². The molecule has 0 fully saturated rings. The van der Waals surface area contributed by atoms with Crippen LogP contribution < -0.4 is 9.62 Å². The number of nitrogens with one attached hydrogen (secondary N) is 1. The molecule has 0 unspecified atom stereocenters. The minimum Gasteiger partial charge on any atom is -0.350 e. The number of aryl methyl sites for hydroxylation is 1. The van der Waals surface area contributed by atoms with Gasteiger partial charge in [0.05, 0.1) is 17.0 Å². The first-order valence-electron chi connectivity index (χ1n) is 11.1. The summed E-state index contributed by atoms with van der Waals surface area (Å²) in [6.07, 6.45) is 1.39. The molecule has 1 N–H and O–H groups in total. The van der Waals surface area contributed by atoms with Crippen molar-refractivity contribution in [1.82, 2.24) is 10.2 Å². The maximum absolute atomic E-state index is 13.7. The molecule has 0 radical (unpaired) electrons. The predicted molar refractivity (Wildman–Crippen MR) is 137 cm³/mol. The summed E-state index contributed by atoms with van der Waals surface area (Å²) in [6.45, 7) is 9.05. The normalized spacial score (nSPS) is 12.7. The van der Waals surface area contributed by atoms with Gasteiger partial charge in [0.1, 0.15) is 12.6 Å². The Kier molecular flexibility index (Phi) is 9.14. The minimum atomic E-state index is -3.83. The number of hydrogen-bond donors (Lipinski definition) is 1. The van der Waals surface area contributed by atoms with Crippen LogP contribution in [0.25, 0.3) is 0 Å². The number of carbonyl (C=O) groups excluding carboxylic acids is 2. The number of sulfonamides is 1. The number of benzene rings is 2. The number of para-hydroxylation sites is 1. The van der Waals surface area contributed by atoms with Gasteiger partial charge in [0.15, 0.2) is 0 Å². The number of halogens is 1. The Labute approximate surface area is 208 Å². The molecule has 1 atom stereocenters. The van der Waals surface area contributed by atoms with Crippen LogP contribution in [0.5, 0.6) is 0 Å². The molecule has 0 saturated carbocycles. The van der Waals surface area contributed by atoms with Gasteiger partial charge in [0.2, 0.25) is 21.8 Å². The Morgan fingerprint density at radius 2 is 1.65 bits per heavy atom. The van der Waals surface area contributed by atoms with Crippen molar-refractivity contribution in [3.63, 3.8) is 0 Å². The van der Waals surface area contributed by atoms with Gasteiger partial charge in [-0.3, -0.25) is 13.9 Å². The van der Waals surface area contributed by atoms with Gasteiger partial charge in [-0.25, -0.2) is 8.42 Å². The molecule has 0 saturated heterocycles. The van der Waals surface area contributed by atoms with Gasteiger partial charge in [0, 0.05) is 12.1 Å². The van der Waals surface area contributed by atoms with Crippen LogP contribution in [-0.2, 0) is 26.2 Å². The zero-order valence-electron chi connectivity index (χ0n) is 20.6. The third kappa shape index (κ3) is 7.46. The van der Waals surface area contributed by atoms with Crippen molar-refractivity contribution >= 4 is 39.1 Å². The SMILES string of the molecule is CC[C@@H](C(=O)NC(C)(C)C)N(Cc1ccccc1C)C(=O)CN(c1ccccc1Cl)S(C)(=O)=O. The minimum absolute atomic E-state index is 0.168. The second-order valence-corrected chi connectivity index (χ2v) is 11.6. The molecule has 9 heteroatoms. The molecule has 0 heterocycles. The van der Waals surface area contributed by atoms with E-state index in [0.29, 0.717) is 6.42 Å². The molecular formula is C25H34ClN3O4S. The molecule has 0 aliphatic rings. The monoisotopic (exact) mass is 507 g/mol.